The van der Waals surface area contributed by atoms with Gasteiger partial charge in [0.05, 0.1) is 7.11 Å². The molecule has 0 aromatic heterocycles. The van der Waals surface area contributed by atoms with Crippen LogP contribution in [-0.4, -0.2) is 26.2 Å². The highest BCUT2D eigenvalue weighted by Gasteiger charge is 2.15. The van der Waals surface area contributed by atoms with Gasteiger partial charge in [-0.2, -0.15) is 0 Å². The van der Waals surface area contributed by atoms with Crippen LogP contribution in [-0.2, 0) is 14.3 Å². The quantitative estimate of drug-likeness (QED) is 0.912. The lowest BCUT2D eigenvalue weighted by atomic mass is 10.3. The Morgan fingerprint density at radius 3 is 2.46 bits per heavy atom. The van der Waals surface area contributed by atoms with Crippen molar-refractivity contribution >= 4 is 11.6 Å². The number of methoxy groups -OCH3 is 1. The van der Waals surface area contributed by atoms with Crippen LogP contribution in [0.15, 0.2) is 60.6 Å². The molecule has 0 radical (unpaired) electrons. The first-order valence-corrected chi connectivity index (χ1v) is 7.43. The van der Waals surface area contributed by atoms with E-state index in [9.17, 15) is 4.79 Å². The number of ether oxygens (including phenoxy) is 4. The lowest BCUT2D eigenvalue weighted by Gasteiger charge is -2.15. The third kappa shape index (κ3) is 3.78. The number of hydrogen-bond acceptors (Lipinski definition) is 5. The van der Waals surface area contributed by atoms with Gasteiger partial charge in [0.2, 0.25) is 5.76 Å². The molecule has 0 aliphatic carbocycles. The first kappa shape index (κ1) is 15.7. The molecule has 0 saturated carbocycles. The normalized spacial score (nSPS) is 13.1. The predicted molar refractivity (Wildman–Crippen MR) is 88.1 cm³/mol. The van der Waals surface area contributed by atoms with Crippen LogP contribution in [0.5, 0.6) is 17.2 Å². The highest BCUT2D eigenvalue weighted by Crippen LogP contribution is 2.31. The molecule has 24 heavy (non-hydrogen) atoms. The Bertz CT molecular complexity index is 739. The van der Waals surface area contributed by atoms with Crippen molar-refractivity contribution in [3.8, 4) is 17.2 Å². The predicted octanol–water partition coefficient (Wildman–Crippen LogP) is 3.31. The molecule has 1 amide bonds. The summed E-state index contributed by atoms with van der Waals surface area (Å²) in [6.45, 7) is 0.816. The van der Waals surface area contributed by atoms with Crippen molar-refractivity contribution < 1.29 is 23.7 Å². The van der Waals surface area contributed by atoms with Crippen molar-refractivity contribution in [2.24, 2.45) is 0 Å². The summed E-state index contributed by atoms with van der Waals surface area (Å²) < 4.78 is 21.3. The molecular weight excluding hydrogens is 310 g/mol. The summed E-state index contributed by atoms with van der Waals surface area (Å²) in [7, 11) is 1.59. The number of hydrogen-bond donors (Lipinski definition) is 1. The van der Waals surface area contributed by atoms with E-state index in [1.165, 1.54) is 6.26 Å². The minimum atomic E-state index is -0.354. The molecule has 0 fully saturated rings. The van der Waals surface area contributed by atoms with Crippen LogP contribution in [0.4, 0.5) is 5.69 Å². The van der Waals surface area contributed by atoms with E-state index in [0.29, 0.717) is 36.1 Å². The Labute approximate surface area is 139 Å². The van der Waals surface area contributed by atoms with Crippen molar-refractivity contribution in [2.45, 2.75) is 0 Å². The minimum absolute atomic E-state index is 0.163. The van der Waals surface area contributed by atoms with Gasteiger partial charge in [-0.25, -0.2) is 0 Å². The summed E-state index contributed by atoms with van der Waals surface area (Å²) in [5.41, 5.74) is 0.627. The zero-order valence-electron chi connectivity index (χ0n) is 13.2. The van der Waals surface area contributed by atoms with Crippen LogP contribution in [0.2, 0.25) is 0 Å². The fraction of sp³-hybridized carbons (Fsp3) is 0.167. The smallest absolute Gasteiger partial charge is 0.294 e. The van der Waals surface area contributed by atoms with E-state index in [-0.39, 0.29) is 11.7 Å². The topological polar surface area (TPSA) is 66.0 Å². The highest BCUT2D eigenvalue weighted by molar-refractivity contribution is 6.02. The molecule has 0 unspecified atom stereocenters. The van der Waals surface area contributed by atoms with Gasteiger partial charge in [0.15, 0.2) is 11.5 Å². The monoisotopic (exact) mass is 327 g/mol. The van der Waals surface area contributed by atoms with Gasteiger partial charge < -0.3 is 24.3 Å². The molecule has 3 rings (SSSR count). The number of rotatable bonds is 5. The van der Waals surface area contributed by atoms with E-state index in [4.69, 9.17) is 18.9 Å². The Hall–Kier alpha value is -3.15. The summed E-state index contributed by atoms with van der Waals surface area (Å²) in [5, 5.41) is 2.73. The third-order valence-electron chi connectivity index (χ3n) is 3.28. The third-order valence-corrected chi connectivity index (χ3v) is 3.28. The summed E-state index contributed by atoms with van der Waals surface area (Å²) in [5.74, 6) is 1.71. The average Bonchev–Trinajstić information content (AvgIpc) is 2.64. The van der Waals surface area contributed by atoms with Crippen molar-refractivity contribution in [3.63, 3.8) is 0 Å². The van der Waals surface area contributed by atoms with Crippen LogP contribution < -0.4 is 14.8 Å². The molecule has 0 saturated heterocycles. The minimum Gasteiger partial charge on any atom is -0.494 e. The number of nitrogens with one attached hydrogen (secondary N) is 1. The van der Waals surface area contributed by atoms with Crippen LogP contribution in [0.25, 0.3) is 0 Å². The van der Waals surface area contributed by atoms with Crippen LogP contribution in [0.1, 0.15) is 0 Å². The number of carbonyl (C=O) groups excluding carboxylic acids is 1. The number of para-hydroxylation sites is 2. The molecular formula is C18H17NO5. The zero-order chi connectivity index (χ0) is 16.8. The molecule has 0 atom stereocenters. The summed E-state index contributed by atoms with van der Waals surface area (Å²) in [6.07, 6.45) is 1.32. The van der Waals surface area contributed by atoms with Gasteiger partial charge >= 0.3 is 0 Å². The van der Waals surface area contributed by atoms with E-state index in [2.05, 4.69) is 5.32 Å². The fourth-order valence-corrected chi connectivity index (χ4v) is 2.12. The second-order valence-electron chi connectivity index (χ2n) is 4.93. The Morgan fingerprint density at radius 2 is 1.79 bits per heavy atom. The summed E-state index contributed by atoms with van der Waals surface area (Å²) >= 11 is 0. The maximum atomic E-state index is 12.0. The molecule has 2 aromatic carbocycles. The maximum absolute atomic E-state index is 12.0. The maximum Gasteiger partial charge on any atom is 0.294 e. The van der Waals surface area contributed by atoms with Crippen molar-refractivity contribution in [3.05, 3.63) is 60.6 Å². The SMILES string of the molecule is COc1ccccc1Oc1ccc(NC(=O)C2=COCCO2)cc1. The molecule has 6 heteroatoms. The summed E-state index contributed by atoms with van der Waals surface area (Å²) in [4.78, 5) is 12.0. The van der Waals surface area contributed by atoms with E-state index in [1.807, 2.05) is 24.3 Å². The second-order valence-corrected chi connectivity index (χ2v) is 4.93. The Kier molecular flexibility index (Phi) is 4.86. The average molecular weight is 327 g/mol. The molecule has 0 spiro atoms. The Morgan fingerprint density at radius 1 is 1.04 bits per heavy atom. The van der Waals surface area contributed by atoms with Gasteiger partial charge in [-0.1, -0.05) is 12.1 Å². The first-order valence-electron chi connectivity index (χ1n) is 7.43. The molecule has 1 aliphatic heterocycles. The van der Waals surface area contributed by atoms with E-state index < -0.39 is 0 Å². The zero-order valence-corrected chi connectivity index (χ0v) is 13.2. The molecule has 1 N–H and O–H groups in total. The fourth-order valence-electron chi connectivity index (χ4n) is 2.12. The van der Waals surface area contributed by atoms with Gasteiger partial charge in [0.25, 0.3) is 5.91 Å². The van der Waals surface area contributed by atoms with Crippen molar-refractivity contribution in [1.29, 1.82) is 0 Å². The number of amides is 1. The molecule has 1 heterocycles. The molecule has 2 aromatic rings. The first-order chi connectivity index (χ1) is 11.8. The van der Waals surface area contributed by atoms with Crippen LogP contribution >= 0.6 is 0 Å². The molecule has 6 nitrogen and oxygen atoms in total. The largest absolute Gasteiger partial charge is 0.494 e. The van der Waals surface area contributed by atoms with E-state index in [1.54, 1.807) is 31.4 Å². The van der Waals surface area contributed by atoms with Crippen molar-refractivity contribution in [1.82, 2.24) is 0 Å². The lowest BCUT2D eigenvalue weighted by molar-refractivity contribution is -0.117. The standard InChI is InChI=1S/C18H17NO5/c1-21-15-4-2-3-5-16(15)24-14-8-6-13(7-9-14)19-18(20)17-12-22-10-11-23-17/h2-9,12H,10-11H2,1H3,(H,19,20). The van der Waals surface area contributed by atoms with Crippen LogP contribution in [0.3, 0.4) is 0 Å². The van der Waals surface area contributed by atoms with Crippen LogP contribution in [0, 0.1) is 0 Å². The highest BCUT2D eigenvalue weighted by atomic mass is 16.6. The lowest BCUT2D eigenvalue weighted by Crippen LogP contribution is -2.21. The number of carbonyl (C=O) groups is 1. The van der Waals surface area contributed by atoms with Crippen molar-refractivity contribution in [2.75, 3.05) is 25.6 Å². The van der Waals surface area contributed by atoms with E-state index >= 15 is 0 Å². The second kappa shape index (κ2) is 7.41. The van der Waals surface area contributed by atoms with Gasteiger partial charge in [0.1, 0.15) is 25.2 Å². The van der Waals surface area contributed by atoms with Gasteiger partial charge in [-0.05, 0) is 36.4 Å². The Balaban J connectivity index is 1.65. The molecule has 0 bridgehead atoms. The van der Waals surface area contributed by atoms with Gasteiger partial charge in [0, 0.05) is 5.69 Å². The molecule has 1 aliphatic rings. The summed E-state index contributed by atoms with van der Waals surface area (Å²) in [6, 6.07) is 14.4. The number of benzene rings is 2. The van der Waals surface area contributed by atoms with Gasteiger partial charge in [-0.3, -0.25) is 4.79 Å². The molecule has 124 valence electrons. The number of anilines is 1. The van der Waals surface area contributed by atoms with E-state index in [0.717, 1.165) is 0 Å². The van der Waals surface area contributed by atoms with Gasteiger partial charge in [-0.15, -0.1) is 0 Å².